The van der Waals surface area contributed by atoms with Gasteiger partial charge in [-0.15, -0.1) is 0 Å². The fourth-order valence-electron chi connectivity index (χ4n) is 4.27. The Morgan fingerprint density at radius 2 is 2.11 bits per heavy atom. The molecule has 27 heavy (non-hydrogen) atoms. The molecule has 0 bridgehead atoms. The van der Waals surface area contributed by atoms with E-state index in [2.05, 4.69) is 31.0 Å². The first-order chi connectivity index (χ1) is 13.3. The molecule has 3 heterocycles. The highest BCUT2D eigenvalue weighted by Crippen LogP contribution is 2.26. The maximum Gasteiger partial charge on any atom is 0.220 e. The molecule has 1 aliphatic heterocycles. The zero-order valence-electron chi connectivity index (χ0n) is 15.9. The minimum absolute atomic E-state index is 0.0636. The lowest BCUT2D eigenvalue weighted by Gasteiger charge is -2.36. The van der Waals surface area contributed by atoms with Gasteiger partial charge in [0.05, 0.1) is 24.5 Å². The molecular formula is C21H29N5O. The quantitative estimate of drug-likeness (QED) is 0.853. The number of amides is 1. The number of carbonyl (C=O) groups is 1. The van der Waals surface area contributed by atoms with Crippen molar-refractivity contribution in [2.24, 2.45) is 0 Å². The number of hydrogen-bond donors (Lipinski definition) is 1. The van der Waals surface area contributed by atoms with Gasteiger partial charge in [-0.25, -0.2) is 0 Å². The largest absolute Gasteiger partial charge is 0.350 e. The Labute approximate surface area is 161 Å². The van der Waals surface area contributed by atoms with Gasteiger partial charge in [0.25, 0.3) is 0 Å². The molecule has 2 aromatic rings. The van der Waals surface area contributed by atoms with E-state index in [4.69, 9.17) is 0 Å². The third-order valence-corrected chi connectivity index (χ3v) is 5.80. The van der Waals surface area contributed by atoms with Crippen LogP contribution in [0.4, 0.5) is 0 Å². The fraction of sp³-hybridized carbons (Fsp3) is 0.571. The van der Waals surface area contributed by atoms with Crippen LogP contribution in [0.2, 0.25) is 0 Å². The van der Waals surface area contributed by atoms with Gasteiger partial charge in [-0.3, -0.25) is 19.4 Å². The van der Waals surface area contributed by atoms with Gasteiger partial charge >= 0.3 is 0 Å². The highest BCUT2D eigenvalue weighted by molar-refractivity contribution is 5.76. The van der Waals surface area contributed by atoms with Gasteiger partial charge in [0.1, 0.15) is 0 Å². The number of fused-ring (bicyclic) bond motifs is 1. The first-order valence-electron chi connectivity index (χ1n) is 10.2. The van der Waals surface area contributed by atoms with Crippen LogP contribution in [0.1, 0.15) is 55.5 Å². The number of pyridine rings is 1. The van der Waals surface area contributed by atoms with Crippen molar-refractivity contribution in [2.75, 3.05) is 6.54 Å². The Morgan fingerprint density at radius 1 is 1.22 bits per heavy atom. The normalized spacial score (nSPS) is 18.2. The summed E-state index contributed by atoms with van der Waals surface area (Å²) >= 11 is 0. The minimum Gasteiger partial charge on any atom is -0.350 e. The average Bonchev–Trinajstić information content (AvgIpc) is 3.14. The molecule has 4 rings (SSSR count). The number of rotatable bonds is 6. The van der Waals surface area contributed by atoms with E-state index in [1.54, 1.807) is 6.20 Å². The predicted molar refractivity (Wildman–Crippen MR) is 104 cm³/mol. The van der Waals surface area contributed by atoms with Gasteiger partial charge in [-0.2, -0.15) is 5.10 Å². The lowest BCUT2D eigenvalue weighted by atomic mass is 9.94. The number of carbonyl (C=O) groups excluding carboxylic acids is 1. The number of hydrogen-bond acceptors (Lipinski definition) is 4. The minimum atomic E-state index is 0.0636. The van der Waals surface area contributed by atoms with Crippen LogP contribution in [0.5, 0.6) is 0 Å². The Morgan fingerprint density at radius 3 is 2.93 bits per heavy atom. The van der Waals surface area contributed by atoms with E-state index in [1.807, 2.05) is 18.3 Å². The molecule has 6 heteroatoms. The number of aryl methyl sites for hydroxylation is 1. The second-order valence-corrected chi connectivity index (χ2v) is 7.75. The Balaban J connectivity index is 1.26. The lowest BCUT2D eigenvalue weighted by Crippen LogP contribution is -2.42. The van der Waals surface area contributed by atoms with Gasteiger partial charge < -0.3 is 5.32 Å². The summed E-state index contributed by atoms with van der Waals surface area (Å²) in [6.07, 6.45) is 11.6. The van der Waals surface area contributed by atoms with Crippen molar-refractivity contribution in [3.05, 3.63) is 47.5 Å². The Hall–Kier alpha value is -2.21. The summed E-state index contributed by atoms with van der Waals surface area (Å²) in [6, 6.07) is 6.82. The van der Waals surface area contributed by atoms with E-state index >= 15 is 0 Å². The van der Waals surface area contributed by atoms with E-state index in [9.17, 15) is 4.79 Å². The summed E-state index contributed by atoms with van der Waals surface area (Å²) in [7, 11) is 0. The third kappa shape index (κ3) is 4.75. The lowest BCUT2D eigenvalue weighted by molar-refractivity contribution is -0.121. The van der Waals surface area contributed by atoms with E-state index in [0.717, 1.165) is 43.4 Å². The second-order valence-electron chi connectivity index (χ2n) is 7.75. The summed E-state index contributed by atoms with van der Waals surface area (Å²) in [5.74, 6) is 0.0636. The second kappa shape index (κ2) is 8.65. The molecule has 0 saturated heterocycles. The van der Waals surface area contributed by atoms with Crippen molar-refractivity contribution in [1.29, 1.82) is 0 Å². The molecule has 0 radical (unpaired) electrons. The molecule has 1 aliphatic carbocycles. The van der Waals surface area contributed by atoms with Crippen LogP contribution in [-0.2, 0) is 30.8 Å². The summed E-state index contributed by atoms with van der Waals surface area (Å²) in [4.78, 5) is 18.8. The van der Waals surface area contributed by atoms with E-state index in [0.29, 0.717) is 13.0 Å². The summed E-state index contributed by atoms with van der Waals surface area (Å²) in [5, 5.41) is 7.69. The molecule has 2 aliphatic rings. The topological polar surface area (TPSA) is 63.1 Å². The molecule has 1 fully saturated rings. The van der Waals surface area contributed by atoms with E-state index < -0.39 is 0 Å². The van der Waals surface area contributed by atoms with Crippen molar-refractivity contribution in [3.63, 3.8) is 0 Å². The molecule has 1 saturated carbocycles. The number of nitrogens with zero attached hydrogens (tertiary/aromatic N) is 4. The molecule has 144 valence electrons. The highest BCUT2D eigenvalue weighted by atomic mass is 16.1. The maximum atomic E-state index is 12.1. The molecule has 0 spiro atoms. The zero-order valence-corrected chi connectivity index (χ0v) is 15.9. The van der Waals surface area contributed by atoms with Crippen LogP contribution in [0.3, 0.4) is 0 Å². The van der Waals surface area contributed by atoms with Crippen molar-refractivity contribution in [3.8, 4) is 0 Å². The van der Waals surface area contributed by atoms with Gasteiger partial charge in [-0.1, -0.05) is 25.3 Å². The van der Waals surface area contributed by atoms with Gasteiger partial charge in [0.2, 0.25) is 5.91 Å². The predicted octanol–water partition coefficient (Wildman–Crippen LogP) is 2.68. The summed E-state index contributed by atoms with van der Waals surface area (Å²) in [5.41, 5.74) is 3.34. The zero-order chi connectivity index (χ0) is 18.5. The SMILES string of the molecule is O=C(CCc1cccnc1)NCc1cc2n(n1)CCN(C1CCCCC1)C2. The molecule has 1 N–H and O–H groups in total. The van der Waals surface area contributed by atoms with Gasteiger partial charge in [0, 0.05) is 37.9 Å². The smallest absolute Gasteiger partial charge is 0.220 e. The molecule has 2 aromatic heterocycles. The fourth-order valence-corrected chi connectivity index (χ4v) is 4.27. The van der Waals surface area contributed by atoms with Crippen LogP contribution in [0.15, 0.2) is 30.6 Å². The Bertz CT molecular complexity index is 751. The van der Waals surface area contributed by atoms with Crippen LogP contribution in [-0.4, -0.2) is 38.2 Å². The van der Waals surface area contributed by atoms with E-state index in [1.165, 1.54) is 37.8 Å². The standard InChI is InChI=1S/C21H29N5O/c27-21(9-8-17-5-4-10-22-14-17)23-15-18-13-20-16-25(11-12-26(20)24-18)19-6-2-1-3-7-19/h4-5,10,13-14,19H,1-3,6-9,11-12,15-16H2,(H,23,27). The van der Waals surface area contributed by atoms with Crippen molar-refractivity contribution >= 4 is 5.91 Å². The monoisotopic (exact) mass is 367 g/mol. The highest BCUT2D eigenvalue weighted by Gasteiger charge is 2.25. The Kier molecular flexibility index (Phi) is 5.82. The molecule has 0 unspecified atom stereocenters. The van der Waals surface area contributed by atoms with Crippen LogP contribution in [0, 0.1) is 0 Å². The van der Waals surface area contributed by atoms with Gasteiger partial charge in [0.15, 0.2) is 0 Å². The number of aromatic nitrogens is 3. The van der Waals surface area contributed by atoms with Gasteiger partial charge in [-0.05, 0) is 37.0 Å². The van der Waals surface area contributed by atoms with Crippen LogP contribution >= 0.6 is 0 Å². The average molecular weight is 367 g/mol. The van der Waals surface area contributed by atoms with Crippen molar-refractivity contribution in [1.82, 2.24) is 25.0 Å². The molecule has 0 atom stereocenters. The first kappa shape index (κ1) is 18.2. The summed E-state index contributed by atoms with van der Waals surface area (Å²) in [6.45, 7) is 3.55. The van der Waals surface area contributed by atoms with Crippen molar-refractivity contribution in [2.45, 2.75) is 70.6 Å². The molecule has 0 aromatic carbocycles. The van der Waals surface area contributed by atoms with Crippen LogP contribution in [0.25, 0.3) is 0 Å². The number of nitrogens with one attached hydrogen (secondary N) is 1. The van der Waals surface area contributed by atoms with Crippen molar-refractivity contribution < 1.29 is 4.79 Å². The molecule has 6 nitrogen and oxygen atoms in total. The summed E-state index contributed by atoms with van der Waals surface area (Å²) < 4.78 is 2.12. The first-order valence-corrected chi connectivity index (χ1v) is 10.2. The molecule has 1 amide bonds. The maximum absolute atomic E-state index is 12.1. The van der Waals surface area contributed by atoms with E-state index in [-0.39, 0.29) is 5.91 Å². The molecular weight excluding hydrogens is 338 g/mol. The third-order valence-electron chi connectivity index (χ3n) is 5.80. The van der Waals surface area contributed by atoms with Crippen LogP contribution < -0.4 is 5.32 Å².